The molecule has 4 rings (SSSR count). The van der Waals surface area contributed by atoms with Gasteiger partial charge < -0.3 is 15.5 Å². The molecule has 0 bridgehead atoms. The molecule has 1 aliphatic heterocycles. The molecule has 1 fully saturated rings. The van der Waals surface area contributed by atoms with Gasteiger partial charge in [0.2, 0.25) is 5.13 Å². The number of benzene rings is 2. The van der Waals surface area contributed by atoms with Gasteiger partial charge in [0.1, 0.15) is 22.9 Å². The van der Waals surface area contributed by atoms with E-state index in [9.17, 15) is 17.2 Å². The average Bonchev–Trinajstić information content (AvgIpc) is 3.20. The molecule has 0 radical (unpaired) electrons. The van der Waals surface area contributed by atoms with Crippen molar-refractivity contribution in [3.63, 3.8) is 0 Å². The summed E-state index contributed by atoms with van der Waals surface area (Å²) >= 11 is 6.97. The first-order valence-corrected chi connectivity index (χ1v) is 14.2. The summed E-state index contributed by atoms with van der Waals surface area (Å²) in [5.74, 6) is -2.00. The minimum Gasteiger partial charge on any atom is -0.383 e. The van der Waals surface area contributed by atoms with Gasteiger partial charge in [-0.2, -0.15) is 4.37 Å². The van der Waals surface area contributed by atoms with Crippen LogP contribution >= 0.6 is 23.1 Å². The third-order valence-electron chi connectivity index (χ3n) is 5.88. The number of halogens is 3. The van der Waals surface area contributed by atoms with E-state index in [0.717, 1.165) is 61.4 Å². The zero-order chi connectivity index (χ0) is 25.5. The molecule has 36 heavy (non-hydrogen) atoms. The van der Waals surface area contributed by atoms with Gasteiger partial charge in [-0.05, 0) is 49.7 Å². The highest BCUT2D eigenvalue weighted by molar-refractivity contribution is 7.93. The quantitative estimate of drug-likeness (QED) is 0.317. The third kappa shape index (κ3) is 7.02. The fraction of sp³-hybridized carbons (Fsp3) is 0.391. The molecule has 1 aromatic heterocycles. The Bertz CT molecular complexity index is 1270. The maximum atomic E-state index is 14.8. The van der Waals surface area contributed by atoms with Crippen molar-refractivity contribution in [1.29, 1.82) is 0 Å². The molecule has 194 valence electrons. The molecule has 0 amide bonds. The topological polar surface area (TPSA) is 99.2 Å². The predicted molar refractivity (Wildman–Crippen MR) is 139 cm³/mol. The lowest BCUT2D eigenvalue weighted by atomic mass is 10.1. The van der Waals surface area contributed by atoms with Gasteiger partial charge in [-0.25, -0.2) is 22.2 Å². The van der Waals surface area contributed by atoms with Crippen LogP contribution in [0.15, 0.2) is 41.6 Å². The zero-order valence-electron chi connectivity index (χ0n) is 19.4. The lowest BCUT2D eigenvalue weighted by Crippen LogP contribution is -2.30. The Morgan fingerprint density at radius 2 is 1.78 bits per heavy atom. The smallest absolute Gasteiger partial charge is 0.266 e. The summed E-state index contributed by atoms with van der Waals surface area (Å²) in [6, 6.07) is 6.80. The summed E-state index contributed by atoms with van der Waals surface area (Å²) < 4.78 is 60.1. The Labute approximate surface area is 218 Å². The lowest BCUT2D eigenvalue weighted by molar-refractivity contribution is 0.296. The van der Waals surface area contributed by atoms with Gasteiger partial charge in [-0.1, -0.05) is 30.5 Å². The van der Waals surface area contributed by atoms with Crippen molar-refractivity contribution in [3.8, 4) is 0 Å². The van der Waals surface area contributed by atoms with Gasteiger partial charge in [0.15, 0.2) is 0 Å². The molecule has 3 aromatic rings. The molecule has 0 atom stereocenters. The van der Waals surface area contributed by atoms with Crippen molar-refractivity contribution < 1.29 is 17.2 Å². The van der Waals surface area contributed by atoms with E-state index >= 15 is 0 Å². The van der Waals surface area contributed by atoms with Crippen molar-refractivity contribution in [2.24, 2.45) is 0 Å². The summed E-state index contributed by atoms with van der Waals surface area (Å²) in [7, 11) is -4.37. The summed E-state index contributed by atoms with van der Waals surface area (Å²) in [4.78, 5) is 5.32. The molecule has 3 N–H and O–H groups in total. The average molecular weight is 557 g/mol. The molecule has 13 heteroatoms. The summed E-state index contributed by atoms with van der Waals surface area (Å²) in [6.45, 7) is 4.00. The minimum absolute atomic E-state index is 0.0457. The SMILES string of the molecule is O=S(=O)(Nc1ncns1)c1cc(F)c(NCc2ccc(Cl)cc2NCCN2CCCCCC2)cc1F. The van der Waals surface area contributed by atoms with Gasteiger partial charge >= 0.3 is 0 Å². The van der Waals surface area contributed by atoms with Crippen molar-refractivity contribution in [1.82, 2.24) is 14.3 Å². The van der Waals surface area contributed by atoms with Gasteiger partial charge in [0, 0.05) is 47.9 Å². The highest BCUT2D eigenvalue weighted by Crippen LogP contribution is 2.27. The Hall–Kier alpha value is -2.54. The normalized spacial score (nSPS) is 14.9. The summed E-state index contributed by atoms with van der Waals surface area (Å²) in [5, 5.41) is 6.78. The van der Waals surface area contributed by atoms with E-state index in [0.29, 0.717) is 11.1 Å². The number of rotatable bonds is 10. The Kier molecular flexibility index (Phi) is 8.94. The molecular formula is C23H27ClF2N6O2S2. The molecule has 2 aromatic carbocycles. The Morgan fingerprint density at radius 3 is 2.50 bits per heavy atom. The number of nitrogens with zero attached hydrogens (tertiary/aromatic N) is 3. The van der Waals surface area contributed by atoms with Gasteiger partial charge in [-0.15, -0.1) is 0 Å². The number of hydrogen-bond acceptors (Lipinski definition) is 8. The molecule has 1 saturated heterocycles. The summed E-state index contributed by atoms with van der Waals surface area (Å²) in [6.07, 6.45) is 6.14. The highest BCUT2D eigenvalue weighted by atomic mass is 35.5. The Morgan fingerprint density at radius 1 is 1.00 bits per heavy atom. The van der Waals surface area contributed by atoms with E-state index in [1.807, 2.05) is 6.07 Å². The zero-order valence-corrected chi connectivity index (χ0v) is 21.8. The van der Waals surface area contributed by atoms with Crippen molar-refractivity contribution in [2.45, 2.75) is 37.1 Å². The standard InChI is InChI=1S/C23H27ClF2N6O2S2/c24-17-6-5-16(20(11-17)27-7-10-32-8-3-1-2-4-9-32)14-28-21-12-19(26)22(13-18(21)25)36(33,34)31-23-29-15-30-35-23/h5-6,11-13,15,27-28H,1-4,7-10,14H2,(H,29,30,31). The molecule has 0 spiro atoms. The van der Waals surface area contributed by atoms with Crippen molar-refractivity contribution >= 4 is 49.7 Å². The molecule has 1 aliphatic rings. The molecule has 0 unspecified atom stereocenters. The third-order valence-corrected chi connectivity index (χ3v) is 8.18. The molecule has 0 saturated carbocycles. The van der Waals surface area contributed by atoms with E-state index in [-0.39, 0.29) is 17.4 Å². The van der Waals surface area contributed by atoms with E-state index in [1.54, 1.807) is 12.1 Å². The van der Waals surface area contributed by atoms with Gasteiger partial charge in [-0.3, -0.25) is 4.72 Å². The maximum absolute atomic E-state index is 14.8. The van der Waals surface area contributed by atoms with Crippen LogP contribution in [0, 0.1) is 11.6 Å². The first-order valence-electron chi connectivity index (χ1n) is 11.6. The number of nitrogens with one attached hydrogen (secondary N) is 3. The Balaban J connectivity index is 1.42. The second-order valence-corrected chi connectivity index (χ2v) is 11.3. The molecule has 2 heterocycles. The largest absolute Gasteiger partial charge is 0.383 e. The fourth-order valence-electron chi connectivity index (χ4n) is 4.02. The van der Waals surface area contributed by atoms with Crippen LogP contribution in [0.2, 0.25) is 5.02 Å². The van der Waals surface area contributed by atoms with E-state index in [4.69, 9.17) is 11.6 Å². The second-order valence-electron chi connectivity index (χ2n) is 8.45. The first kappa shape index (κ1) is 26.5. The second kappa shape index (κ2) is 12.1. The van der Waals surface area contributed by atoms with Crippen LogP contribution in [-0.2, 0) is 16.6 Å². The number of aromatic nitrogens is 2. The maximum Gasteiger partial charge on any atom is 0.266 e. The molecule has 8 nitrogen and oxygen atoms in total. The van der Waals surface area contributed by atoms with Gasteiger partial charge in [0.25, 0.3) is 10.0 Å². The van der Waals surface area contributed by atoms with Crippen LogP contribution in [0.3, 0.4) is 0 Å². The van der Waals surface area contributed by atoms with E-state index in [2.05, 4.69) is 29.6 Å². The number of hydrogen-bond donors (Lipinski definition) is 3. The van der Waals surface area contributed by atoms with Crippen LogP contribution in [0.5, 0.6) is 0 Å². The highest BCUT2D eigenvalue weighted by Gasteiger charge is 2.23. The molecule has 0 aliphatic carbocycles. The van der Waals surface area contributed by atoms with Crippen molar-refractivity contribution in [2.75, 3.05) is 41.5 Å². The minimum atomic E-state index is -4.37. The van der Waals surface area contributed by atoms with E-state index in [1.165, 1.54) is 25.7 Å². The van der Waals surface area contributed by atoms with Crippen LogP contribution in [0.1, 0.15) is 31.2 Å². The predicted octanol–water partition coefficient (Wildman–Crippen LogP) is 5.17. The number of likely N-dealkylation sites (tertiary alicyclic amines) is 1. The molecular weight excluding hydrogens is 530 g/mol. The van der Waals surface area contributed by atoms with Crippen molar-refractivity contribution in [3.05, 3.63) is 58.9 Å². The monoisotopic (exact) mass is 556 g/mol. The van der Waals surface area contributed by atoms with Crippen LogP contribution in [0.4, 0.5) is 25.3 Å². The van der Waals surface area contributed by atoms with Gasteiger partial charge in [0.05, 0.1) is 5.69 Å². The number of sulfonamides is 1. The summed E-state index contributed by atoms with van der Waals surface area (Å²) in [5.41, 5.74) is 1.45. The van der Waals surface area contributed by atoms with Crippen LogP contribution in [-0.4, -0.2) is 48.9 Å². The fourth-order valence-corrected chi connectivity index (χ4v) is 5.93. The van der Waals surface area contributed by atoms with E-state index < -0.39 is 26.6 Å². The van der Waals surface area contributed by atoms with Crippen LogP contribution in [0.25, 0.3) is 0 Å². The first-order chi connectivity index (χ1) is 17.3. The number of anilines is 3. The van der Waals surface area contributed by atoms with Crippen LogP contribution < -0.4 is 15.4 Å². The lowest BCUT2D eigenvalue weighted by Gasteiger charge is -2.21.